The maximum atomic E-state index is 13.5. The van der Waals surface area contributed by atoms with Crippen LogP contribution in [-0.4, -0.2) is 29.8 Å². The van der Waals surface area contributed by atoms with Crippen molar-refractivity contribution in [2.45, 2.75) is 38.3 Å². The second-order valence-corrected chi connectivity index (χ2v) is 9.11. The zero-order valence-corrected chi connectivity index (χ0v) is 17.8. The largest absolute Gasteiger partial charge is 0.355 e. The molecule has 0 atom stereocenters. The van der Waals surface area contributed by atoms with Gasteiger partial charge < -0.3 is 10.2 Å². The first-order valence-corrected chi connectivity index (χ1v) is 11.3. The molecule has 0 spiro atoms. The number of fused-ring (bicyclic) bond motifs is 3. The summed E-state index contributed by atoms with van der Waals surface area (Å²) in [7, 11) is 1.63. The molecule has 0 bridgehead atoms. The van der Waals surface area contributed by atoms with Gasteiger partial charge in [0.05, 0.1) is 4.88 Å². The molecule has 2 amide bonds. The van der Waals surface area contributed by atoms with Crippen molar-refractivity contribution < 1.29 is 9.59 Å². The fraction of sp³-hybridized carbons (Fsp3) is 0.280. The molecular weight excluding hydrogens is 392 g/mol. The number of nitrogens with one attached hydrogen (secondary N) is 1. The monoisotopic (exact) mass is 416 g/mol. The maximum absolute atomic E-state index is 13.5. The molecule has 0 aliphatic heterocycles. The van der Waals surface area contributed by atoms with Crippen LogP contribution in [0.4, 0.5) is 0 Å². The van der Waals surface area contributed by atoms with E-state index >= 15 is 0 Å². The zero-order chi connectivity index (χ0) is 20.7. The standard InChI is InChI=1S/C25H24N2O2S/c1-26-24(28)18-8-6-16(7-9-18)15-27(20-12-13-20)25(29)22-14-19-11-10-17-4-2-3-5-21(17)23(19)30-22/h2-9,14,20H,10-13,15H2,1H3,(H,26,28). The highest BCUT2D eigenvalue weighted by atomic mass is 32.1. The lowest BCUT2D eigenvalue weighted by Gasteiger charge is -2.22. The van der Waals surface area contributed by atoms with Gasteiger partial charge in [-0.2, -0.15) is 0 Å². The minimum atomic E-state index is -0.0962. The van der Waals surface area contributed by atoms with Crippen molar-refractivity contribution in [2.24, 2.45) is 0 Å². The van der Waals surface area contributed by atoms with Crippen molar-refractivity contribution in [3.8, 4) is 10.4 Å². The predicted molar refractivity (Wildman–Crippen MR) is 120 cm³/mol. The smallest absolute Gasteiger partial charge is 0.264 e. The third-order valence-corrected chi connectivity index (χ3v) is 7.19. The quantitative estimate of drug-likeness (QED) is 0.657. The molecule has 0 saturated heterocycles. The van der Waals surface area contributed by atoms with E-state index in [1.165, 1.54) is 21.6 Å². The van der Waals surface area contributed by atoms with Crippen LogP contribution in [0.5, 0.6) is 0 Å². The van der Waals surface area contributed by atoms with Gasteiger partial charge in [0, 0.05) is 30.1 Å². The van der Waals surface area contributed by atoms with Crippen LogP contribution in [0.1, 0.15) is 49.6 Å². The van der Waals surface area contributed by atoms with Gasteiger partial charge in [-0.3, -0.25) is 9.59 Å². The van der Waals surface area contributed by atoms with E-state index in [1.54, 1.807) is 18.4 Å². The van der Waals surface area contributed by atoms with Crippen LogP contribution in [0.25, 0.3) is 10.4 Å². The van der Waals surface area contributed by atoms with Crippen LogP contribution in [-0.2, 0) is 19.4 Å². The lowest BCUT2D eigenvalue weighted by Crippen LogP contribution is -2.32. The topological polar surface area (TPSA) is 49.4 Å². The van der Waals surface area contributed by atoms with Gasteiger partial charge in [0.2, 0.25) is 0 Å². The number of rotatable bonds is 5. The number of amides is 2. The van der Waals surface area contributed by atoms with E-state index in [4.69, 9.17) is 0 Å². The second kappa shape index (κ2) is 7.73. The molecule has 1 fully saturated rings. The third kappa shape index (κ3) is 3.54. The number of carbonyl (C=O) groups excluding carboxylic acids is 2. The van der Waals surface area contributed by atoms with Crippen molar-refractivity contribution in [3.05, 3.63) is 81.7 Å². The molecule has 2 aromatic carbocycles. The average Bonchev–Trinajstić information content (AvgIpc) is 3.53. The summed E-state index contributed by atoms with van der Waals surface area (Å²) in [5.74, 6) is 0.0332. The van der Waals surface area contributed by atoms with E-state index in [2.05, 4.69) is 35.6 Å². The van der Waals surface area contributed by atoms with Crippen LogP contribution in [0.2, 0.25) is 0 Å². The van der Waals surface area contributed by atoms with Crippen molar-refractivity contribution in [1.29, 1.82) is 0 Å². The van der Waals surface area contributed by atoms with Gasteiger partial charge in [-0.25, -0.2) is 0 Å². The molecular formula is C25H24N2O2S. The molecule has 4 nitrogen and oxygen atoms in total. The average molecular weight is 417 g/mol. The second-order valence-electron chi connectivity index (χ2n) is 8.06. The Morgan fingerprint density at radius 3 is 2.50 bits per heavy atom. The minimum Gasteiger partial charge on any atom is -0.355 e. The first kappa shape index (κ1) is 19.1. The molecule has 30 heavy (non-hydrogen) atoms. The predicted octanol–water partition coefficient (Wildman–Crippen LogP) is 4.68. The normalized spacial score (nSPS) is 14.6. The highest BCUT2D eigenvalue weighted by molar-refractivity contribution is 7.17. The zero-order valence-electron chi connectivity index (χ0n) is 17.0. The van der Waals surface area contributed by atoms with Gasteiger partial charge in [0.1, 0.15) is 0 Å². The molecule has 1 heterocycles. The number of hydrogen-bond donors (Lipinski definition) is 1. The Kier molecular flexibility index (Phi) is 4.91. The van der Waals surface area contributed by atoms with E-state index in [1.807, 2.05) is 29.2 Å². The molecule has 2 aliphatic carbocycles. The Labute approximate surface area is 180 Å². The molecule has 5 heteroatoms. The molecule has 5 rings (SSSR count). The Morgan fingerprint density at radius 1 is 1.03 bits per heavy atom. The Morgan fingerprint density at radius 2 is 1.77 bits per heavy atom. The first-order chi connectivity index (χ1) is 14.6. The fourth-order valence-corrected chi connectivity index (χ4v) is 5.40. The lowest BCUT2D eigenvalue weighted by molar-refractivity contribution is 0.0734. The minimum absolute atomic E-state index is 0.0962. The summed E-state index contributed by atoms with van der Waals surface area (Å²) in [6.07, 6.45) is 4.17. The maximum Gasteiger partial charge on any atom is 0.264 e. The molecule has 152 valence electrons. The molecule has 2 aliphatic rings. The Hall–Kier alpha value is -2.92. The number of benzene rings is 2. The van der Waals surface area contributed by atoms with Gasteiger partial charge in [-0.1, -0.05) is 36.4 Å². The van der Waals surface area contributed by atoms with Gasteiger partial charge in [-0.15, -0.1) is 11.3 Å². The van der Waals surface area contributed by atoms with E-state index < -0.39 is 0 Å². The van der Waals surface area contributed by atoms with Gasteiger partial charge in [0.15, 0.2) is 0 Å². The summed E-state index contributed by atoms with van der Waals surface area (Å²) in [5, 5.41) is 2.64. The number of carbonyl (C=O) groups is 2. The highest BCUT2D eigenvalue weighted by Crippen LogP contribution is 2.41. The SMILES string of the molecule is CNC(=O)c1ccc(CN(C(=O)c2cc3c(s2)-c2ccccc2CC3)C2CC2)cc1. The lowest BCUT2D eigenvalue weighted by atomic mass is 9.91. The summed E-state index contributed by atoms with van der Waals surface area (Å²) >= 11 is 1.64. The van der Waals surface area contributed by atoms with E-state index in [0.717, 1.165) is 36.1 Å². The van der Waals surface area contributed by atoms with Gasteiger partial charge in [-0.05, 0) is 66.1 Å². The fourth-order valence-electron chi connectivity index (χ4n) is 4.17. The van der Waals surface area contributed by atoms with E-state index in [9.17, 15) is 9.59 Å². The number of nitrogens with zero attached hydrogens (tertiary/aromatic N) is 1. The molecule has 3 aromatic rings. The number of thiophene rings is 1. The number of aryl methyl sites for hydroxylation is 2. The van der Waals surface area contributed by atoms with E-state index in [0.29, 0.717) is 18.2 Å². The highest BCUT2D eigenvalue weighted by Gasteiger charge is 2.34. The third-order valence-electron chi connectivity index (χ3n) is 5.99. The van der Waals surface area contributed by atoms with Crippen LogP contribution >= 0.6 is 11.3 Å². The Bertz CT molecular complexity index is 1110. The number of hydrogen-bond acceptors (Lipinski definition) is 3. The summed E-state index contributed by atoms with van der Waals surface area (Å²) in [4.78, 5) is 29.3. The molecule has 1 saturated carbocycles. The first-order valence-electron chi connectivity index (χ1n) is 10.5. The Balaban J connectivity index is 1.39. The molecule has 0 radical (unpaired) electrons. The van der Waals surface area contributed by atoms with Crippen molar-refractivity contribution in [1.82, 2.24) is 10.2 Å². The molecule has 0 unspecified atom stereocenters. The van der Waals surface area contributed by atoms with Crippen LogP contribution < -0.4 is 5.32 Å². The van der Waals surface area contributed by atoms with Crippen LogP contribution in [0.15, 0.2) is 54.6 Å². The van der Waals surface area contributed by atoms with Crippen molar-refractivity contribution >= 4 is 23.2 Å². The van der Waals surface area contributed by atoms with Crippen molar-refractivity contribution in [3.63, 3.8) is 0 Å². The summed E-state index contributed by atoms with van der Waals surface area (Å²) in [5.41, 5.74) is 5.64. The van der Waals surface area contributed by atoms with Crippen LogP contribution in [0.3, 0.4) is 0 Å². The molecule has 1 aromatic heterocycles. The summed E-state index contributed by atoms with van der Waals surface area (Å²) in [6.45, 7) is 0.580. The summed E-state index contributed by atoms with van der Waals surface area (Å²) in [6, 6.07) is 18.5. The molecule has 1 N–H and O–H groups in total. The van der Waals surface area contributed by atoms with Crippen molar-refractivity contribution in [2.75, 3.05) is 7.05 Å². The van der Waals surface area contributed by atoms with Gasteiger partial charge >= 0.3 is 0 Å². The van der Waals surface area contributed by atoms with Crippen LogP contribution in [0, 0.1) is 0 Å². The van der Waals surface area contributed by atoms with Gasteiger partial charge in [0.25, 0.3) is 11.8 Å². The summed E-state index contributed by atoms with van der Waals surface area (Å²) < 4.78 is 0. The van der Waals surface area contributed by atoms with E-state index in [-0.39, 0.29) is 11.8 Å².